The number of ether oxygens (including phenoxy) is 1. The van der Waals surface area contributed by atoms with Crippen molar-refractivity contribution < 1.29 is 32.4 Å². The lowest BCUT2D eigenvalue weighted by atomic mass is 9.83. The van der Waals surface area contributed by atoms with Gasteiger partial charge < -0.3 is 24.6 Å². The lowest BCUT2D eigenvalue weighted by Crippen LogP contribution is -2.69. The van der Waals surface area contributed by atoms with Crippen LogP contribution < -0.4 is 5.32 Å². The first-order valence-corrected chi connectivity index (χ1v) is 8.64. The Kier molecular flexibility index (Phi) is 5.14. The van der Waals surface area contributed by atoms with Crippen LogP contribution in [-0.2, 0) is 19.8 Å². The lowest BCUT2D eigenvalue weighted by molar-refractivity contribution is -0.161. The highest BCUT2D eigenvalue weighted by molar-refractivity contribution is 7.84. The molecule has 132 valence electrons. The van der Waals surface area contributed by atoms with Gasteiger partial charge >= 0.3 is 6.09 Å². The molecule has 2 fully saturated rings. The van der Waals surface area contributed by atoms with Crippen molar-refractivity contribution in [2.45, 2.75) is 32.1 Å². The van der Waals surface area contributed by atoms with Crippen LogP contribution in [0.25, 0.3) is 0 Å². The average molecular weight is 350 g/mol. The van der Waals surface area contributed by atoms with E-state index in [1.54, 1.807) is 0 Å². The summed E-state index contributed by atoms with van der Waals surface area (Å²) in [5.74, 6) is -2.07. The van der Waals surface area contributed by atoms with Gasteiger partial charge in [0.25, 0.3) is 0 Å². The zero-order valence-electron chi connectivity index (χ0n) is 12.8. The highest BCUT2D eigenvalue weighted by Crippen LogP contribution is 2.35. The maximum atomic E-state index is 12.0. The number of nitrogens with one attached hydrogen (secondary N) is 1. The summed E-state index contributed by atoms with van der Waals surface area (Å²) in [6, 6.07) is -1.20. The Labute approximate surface area is 134 Å². The van der Waals surface area contributed by atoms with Crippen LogP contribution >= 0.6 is 0 Å². The number of piperazine rings is 1. The Morgan fingerprint density at radius 2 is 1.96 bits per heavy atom. The molecule has 2 rings (SSSR count). The van der Waals surface area contributed by atoms with Crippen LogP contribution in [0.4, 0.5) is 4.79 Å². The normalized spacial score (nSPS) is 28.1. The van der Waals surface area contributed by atoms with E-state index in [9.17, 15) is 27.7 Å². The van der Waals surface area contributed by atoms with Crippen molar-refractivity contribution in [3.63, 3.8) is 0 Å². The molecule has 0 aliphatic carbocycles. The summed E-state index contributed by atoms with van der Waals surface area (Å²) in [6.45, 7) is 4.82. The van der Waals surface area contributed by atoms with Crippen molar-refractivity contribution >= 4 is 22.3 Å². The maximum Gasteiger partial charge on any atom is 0.410 e. The first-order chi connectivity index (χ1) is 10.6. The minimum Gasteiger partial charge on any atom is -0.731 e. The first-order valence-electron chi connectivity index (χ1n) is 7.28. The molecule has 0 aromatic carbocycles. The summed E-state index contributed by atoms with van der Waals surface area (Å²) in [4.78, 5) is 25.3. The molecule has 2 heterocycles. The van der Waals surface area contributed by atoms with Crippen LogP contribution in [0.5, 0.6) is 0 Å². The number of carbonyl (C=O) groups excluding carboxylic acids is 2. The third-order valence-corrected chi connectivity index (χ3v) is 4.95. The summed E-state index contributed by atoms with van der Waals surface area (Å²) in [5, 5.41) is 12.7. The number of amides is 2. The highest BCUT2D eigenvalue weighted by atomic mass is 32.2. The Morgan fingerprint density at radius 1 is 1.39 bits per heavy atom. The monoisotopic (exact) mass is 350 g/mol. The quantitative estimate of drug-likeness (QED) is 0.442. The topological polar surface area (TPSA) is 139 Å². The molecule has 2 aliphatic rings. The molecule has 0 unspecified atom stereocenters. The molecule has 23 heavy (non-hydrogen) atoms. The zero-order chi connectivity index (χ0) is 17.4. The predicted molar refractivity (Wildman–Crippen MR) is 75.9 cm³/mol. The second-order valence-electron chi connectivity index (χ2n) is 5.67. The smallest absolute Gasteiger partial charge is 0.410 e. The number of hydrogen-bond acceptors (Lipinski definition) is 8. The fourth-order valence-electron chi connectivity index (χ4n) is 2.89. The predicted octanol–water partition coefficient (Wildman–Crippen LogP) is -1.92. The van der Waals surface area contributed by atoms with Gasteiger partial charge in [0, 0.05) is 26.2 Å². The number of rotatable bonds is 4. The molecule has 0 aromatic rings. The van der Waals surface area contributed by atoms with Crippen molar-refractivity contribution in [3.05, 3.63) is 0 Å². The van der Waals surface area contributed by atoms with E-state index < -0.39 is 46.5 Å². The largest absolute Gasteiger partial charge is 0.731 e. The third kappa shape index (κ3) is 3.57. The summed E-state index contributed by atoms with van der Waals surface area (Å²) in [5.41, 5.74) is 0. The minimum absolute atomic E-state index is 0.139. The van der Waals surface area contributed by atoms with E-state index in [1.807, 2.05) is 0 Å². The molecule has 0 radical (unpaired) electrons. The van der Waals surface area contributed by atoms with Crippen LogP contribution in [-0.4, -0.2) is 83.7 Å². The number of β-lactam (4-membered cyclic amide) rings is 1. The second-order valence-corrected chi connectivity index (χ2v) is 6.92. The van der Waals surface area contributed by atoms with Crippen molar-refractivity contribution in [2.75, 3.05) is 26.2 Å². The lowest BCUT2D eigenvalue weighted by Gasteiger charge is -2.50. The maximum absolute atomic E-state index is 12.0. The van der Waals surface area contributed by atoms with Gasteiger partial charge in [-0.1, -0.05) is 0 Å². The van der Waals surface area contributed by atoms with Crippen molar-refractivity contribution in [1.29, 1.82) is 0 Å². The highest BCUT2D eigenvalue weighted by Gasteiger charge is 2.56. The van der Waals surface area contributed by atoms with Crippen LogP contribution in [0.1, 0.15) is 13.8 Å². The van der Waals surface area contributed by atoms with Crippen LogP contribution in [0.15, 0.2) is 0 Å². The summed E-state index contributed by atoms with van der Waals surface area (Å²) in [6.07, 6.45) is -2.85. The molecule has 2 aliphatic heterocycles. The SMILES string of the molecule is C[C@H](OC(=O)N1CCNCC1)[C@@H]1[C@@H]([C@@H](C)O)C(=O)N1S(=O)(=O)[O-]. The van der Waals surface area contributed by atoms with E-state index >= 15 is 0 Å². The van der Waals surface area contributed by atoms with Gasteiger partial charge in [0.05, 0.1) is 18.1 Å². The molecule has 0 bridgehead atoms. The molecule has 11 heteroatoms. The van der Waals surface area contributed by atoms with Crippen molar-refractivity contribution in [1.82, 2.24) is 14.5 Å². The third-order valence-electron chi connectivity index (χ3n) is 4.04. The summed E-state index contributed by atoms with van der Waals surface area (Å²) < 4.78 is 38.9. The molecule has 4 atom stereocenters. The number of carbonyl (C=O) groups is 2. The van der Waals surface area contributed by atoms with Gasteiger partial charge in [-0.15, -0.1) is 0 Å². The number of aliphatic hydroxyl groups is 1. The van der Waals surface area contributed by atoms with Crippen LogP contribution in [0.3, 0.4) is 0 Å². The van der Waals surface area contributed by atoms with Crippen molar-refractivity contribution in [3.8, 4) is 0 Å². The summed E-state index contributed by atoms with van der Waals surface area (Å²) in [7, 11) is -5.03. The zero-order valence-corrected chi connectivity index (χ0v) is 13.7. The molecule has 2 saturated heterocycles. The fraction of sp³-hybridized carbons (Fsp3) is 0.833. The van der Waals surface area contributed by atoms with Crippen LogP contribution in [0.2, 0.25) is 0 Å². The minimum atomic E-state index is -5.03. The molecule has 2 N–H and O–H groups in total. The van der Waals surface area contributed by atoms with E-state index in [2.05, 4.69) is 5.32 Å². The molecular weight excluding hydrogens is 330 g/mol. The van der Waals surface area contributed by atoms with E-state index in [0.717, 1.165) is 0 Å². The van der Waals surface area contributed by atoms with Crippen molar-refractivity contribution in [2.24, 2.45) is 5.92 Å². The molecular formula is C12H20N3O7S-. The number of aliphatic hydroxyl groups excluding tert-OH is 1. The van der Waals surface area contributed by atoms with Gasteiger partial charge in [-0.25, -0.2) is 17.5 Å². The van der Waals surface area contributed by atoms with Gasteiger partial charge in [-0.3, -0.25) is 4.79 Å². The first kappa shape index (κ1) is 17.9. The fourth-order valence-corrected chi connectivity index (χ4v) is 3.83. The average Bonchev–Trinajstić information content (AvgIpc) is 2.43. The molecule has 0 spiro atoms. The van der Waals surface area contributed by atoms with Crippen LogP contribution in [0, 0.1) is 5.92 Å². The Balaban J connectivity index is 2.09. The Morgan fingerprint density at radius 3 is 2.43 bits per heavy atom. The van der Waals surface area contributed by atoms with Gasteiger partial charge in [0.15, 0.2) is 10.3 Å². The molecule has 2 amide bonds. The Hall–Kier alpha value is -1.43. The standard InChI is InChI=1S/C12H21N3O7S/c1-7(16)9-10(15(11(9)17)23(19,20)21)8(2)22-12(18)14-5-3-13-4-6-14/h7-10,13,16H,3-6H2,1-2H3,(H,19,20,21)/p-1/t7-,8+,9-,10-/m1/s1. The summed E-state index contributed by atoms with van der Waals surface area (Å²) >= 11 is 0. The van der Waals surface area contributed by atoms with Gasteiger partial charge in [-0.2, -0.15) is 0 Å². The van der Waals surface area contributed by atoms with E-state index in [4.69, 9.17) is 4.74 Å². The second kappa shape index (κ2) is 6.59. The van der Waals surface area contributed by atoms with E-state index in [0.29, 0.717) is 26.2 Å². The molecule has 10 nitrogen and oxygen atoms in total. The Bertz CT molecular complexity index is 573. The van der Waals surface area contributed by atoms with Gasteiger partial charge in [0.2, 0.25) is 5.91 Å². The van der Waals surface area contributed by atoms with E-state index in [-0.39, 0.29) is 4.31 Å². The van der Waals surface area contributed by atoms with Gasteiger partial charge in [-0.05, 0) is 13.8 Å². The van der Waals surface area contributed by atoms with E-state index in [1.165, 1.54) is 18.7 Å². The van der Waals surface area contributed by atoms with Gasteiger partial charge in [0.1, 0.15) is 6.10 Å². The molecule has 0 aromatic heterocycles. The number of hydrogen-bond donors (Lipinski definition) is 2. The molecule has 0 saturated carbocycles. The number of nitrogens with zero attached hydrogens (tertiary/aromatic N) is 2.